The number of carbonyl (C=O) groups excluding carboxylic acids is 1. The molecule has 1 fully saturated rings. The molecule has 0 bridgehead atoms. The van der Waals surface area contributed by atoms with Crippen LogP contribution in [0.4, 0.5) is 8.78 Å². The molecule has 0 aliphatic carbocycles. The van der Waals surface area contributed by atoms with Crippen LogP contribution in [0.25, 0.3) is 0 Å². The topological polar surface area (TPSA) is 50.8 Å². The lowest BCUT2D eigenvalue weighted by Gasteiger charge is -2.32. The second kappa shape index (κ2) is 10.9. The van der Waals surface area contributed by atoms with Crippen LogP contribution in [0.2, 0.25) is 0 Å². The zero-order valence-electron chi connectivity index (χ0n) is 17.7. The molecule has 1 amide bonds. The molecule has 5 nitrogen and oxygen atoms in total. The maximum atomic E-state index is 13.4. The average molecular weight is 430 g/mol. The molecule has 0 aromatic heterocycles. The Morgan fingerprint density at radius 2 is 1.87 bits per heavy atom. The highest BCUT2D eigenvalue weighted by molar-refractivity contribution is 5.78. The third-order valence-electron chi connectivity index (χ3n) is 5.31. The van der Waals surface area contributed by atoms with Crippen molar-refractivity contribution in [3.05, 3.63) is 71.8 Å². The summed E-state index contributed by atoms with van der Waals surface area (Å²) < 4.78 is 37.4. The number of methoxy groups -OCH3 is 1. The maximum Gasteiger partial charge on any atom is 0.258 e. The van der Waals surface area contributed by atoms with Crippen LogP contribution < -0.4 is 14.8 Å². The fourth-order valence-electron chi connectivity index (χ4n) is 3.67. The van der Waals surface area contributed by atoms with E-state index >= 15 is 0 Å². The number of benzene rings is 2. The number of allylic oxidation sites excluding steroid dienone is 1. The molecule has 1 N–H and O–H groups in total. The van der Waals surface area contributed by atoms with E-state index in [1.165, 1.54) is 6.07 Å². The summed E-state index contributed by atoms with van der Waals surface area (Å²) >= 11 is 0. The average Bonchev–Trinajstić information content (AvgIpc) is 2.77. The van der Waals surface area contributed by atoms with E-state index in [9.17, 15) is 13.6 Å². The van der Waals surface area contributed by atoms with Crippen molar-refractivity contribution < 1.29 is 23.0 Å². The Morgan fingerprint density at radius 3 is 2.55 bits per heavy atom. The molecule has 31 heavy (non-hydrogen) atoms. The van der Waals surface area contributed by atoms with Crippen molar-refractivity contribution >= 4 is 5.91 Å². The van der Waals surface area contributed by atoms with Gasteiger partial charge in [-0.05, 0) is 54.7 Å². The summed E-state index contributed by atoms with van der Waals surface area (Å²) in [5.74, 6) is -0.745. The number of likely N-dealkylation sites (tertiary alicyclic amines) is 1. The van der Waals surface area contributed by atoms with E-state index < -0.39 is 11.6 Å². The fraction of sp³-hybridized carbons (Fsp3) is 0.375. The van der Waals surface area contributed by atoms with Gasteiger partial charge in [-0.2, -0.15) is 0 Å². The van der Waals surface area contributed by atoms with E-state index in [4.69, 9.17) is 9.47 Å². The molecule has 0 radical (unpaired) electrons. The van der Waals surface area contributed by atoms with Gasteiger partial charge in [0, 0.05) is 25.7 Å². The SMILES string of the molecule is C=CCc1ccc(OCC(=O)NC2CCN(Cc3ccc(F)c(F)c3)CC2)c(OC)c1. The second-order valence-corrected chi connectivity index (χ2v) is 7.63. The van der Waals surface area contributed by atoms with E-state index in [0.717, 1.165) is 49.5 Å². The molecule has 2 aromatic rings. The van der Waals surface area contributed by atoms with E-state index in [2.05, 4.69) is 16.8 Å². The molecule has 1 aliphatic rings. The summed E-state index contributed by atoms with van der Waals surface area (Å²) in [5, 5.41) is 3.00. The van der Waals surface area contributed by atoms with Crippen LogP contribution in [0.5, 0.6) is 11.5 Å². The number of nitrogens with one attached hydrogen (secondary N) is 1. The molecular weight excluding hydrogens is 402 g/mol. The van der Waals surface area contributed by atoms with Crippen LogP contribution in [0, 0.1) is 11.6 Å². The molecule has 1 aliphatic heterocycles. The zero-order chi connectivity index (χ0) is 22.2. The fourth-order valence-corrected chi connectivity index (χ4v) is 3.67. The van der Waals surface area contributed by atoms with E-state index in [1.54, 1.807) is 19.2 Å². The first kappa shape index (κ1) is 22.7. The van der Waals surface area contributed by atoms with Gasteiger partial charge in [-0.15, -0.1) is 6.58 Å². The minimum Gasteiger partial charge on any atom is -0.493 e. The molecule has 1 saturated heterocycles. The summed E-state index contributed by atoms with van der Waals surface area (Å²) in [7, 11) is 1.56. The van der Waals surface area contributed by atoms with Crippen molar-refractivity contribution in [3.63, 3.8) is 0 Å². The van der Waals surface area contributed by atoms with Crippen LogP contribution in [0.15, 0.2) is 49.1 Å². The first-order valence-corrected chi connectivity index (χ1v) is 10.3. The molecule has 1 heterocycles. The highest BCUT2D eigenvalue weighted by Crippen LogP contribution is 2.28. The van der Waals surface area contributed by atoms with Crippen molar-refractivity contribution in [1.82, 2.24) is 10.2 Å². The third kappa shape index (κ3) is 6.52. The number of rotatable bonds is 9. The number of amides is 1. The van der Waals surface area contributed by atoms with Gasteiger partial charge in [-0.25, -0.2) is 8.78 Å². The van der Waals surface area contributed by atoms with E-state index in [1.807, 2.05) is 18.2 Å². The molecule has 0 saturated carbocycles. The molecule has 7 heteroatoms. The Bertz CT molecular complexity index is 912. The molecule has 166 valence electrons. The highest BCUT2D eigenvalue weighted by Gasteiger charge is 2.21. The largest absolute Gasteiger partial charge is 0.493 e. The van der Waals surface area contributed by atoms with Crippen molar-refractivity contribution in [1.29, 1.82) is 0 Å². The van der Waals surface area contributed by atoms with Crippen LogP contribution >= 0.6 is 0 Å². The lowest BCUT2D eigenvalue weighted by atomic mass is 10.0. The molecule has 0 atom stereocenters. The van der Waals surface area contributed by atoms with Gasteiger partial charge in [-0.3, -0.25) is 9.69 Å². The molecule has 2 aromatic carbocycles. The maximum absolute atomic E-state index is 13.4. The van der Waals surface area contributed by atoms with E-state index in [0.29, 0.717) is 18.0 Å². The predicted molar refractivity (Wildman–Crippen MR) is 115 cm³/mol. The first-order valence-electron chi connectivity index (χ1n) is 10.3. The zero-order valence-corrected chi connectivity index (χ0v) is 17.7. The second-order valence-electron chi connectivity index (χ2n) is 7.63. The number of hydrogen-bond acceptors (Lipinski definition) is 4. The van der Waals surface area contributed by atoms with Gasteiger partial charge in [0.25, 0.3) is 5.91 Å². The standard InChI is InChI=1S/C24H28F2N2O3/c1-3-4-17-6-8-22(23(14-17)30-2)31-16-24(29)27-19-9-11-28(12-10-19)15-18-5-7-20(25)21(26)13-18/h3,5-8,13-14,19H,1,4,9-12,15-16H2,2H3,(H,27,29). The molecule has 0 spiro atoms. The predicted octanol–water partition coefficient (Wildman–Crippen LogP) is 3.86. The molecular formula is C24H28F2N2O3. The summed E-state index contributed by atoms with van der Waals surface area (Å²) in [5.41, 5.74) is 1.79. The molecule has 0 unspecified atom stereocenters. The number of piperidine rings is 1. The summed E-state index contributed by atoms with van der Waals surface area (Å²) in [4.78, 5) is 14.5. The van der Waals surface area contributed by atoms with Crippen LogP contribution in [-0.4, -0.2) is 43.7 Å². The van der Waals surface area contributed by atoms with Gasteiger partial charge in [0.1, 0.15) is 0 Å². The Hall–Kier alpha value is -2.93. The smallest absolute Gasteiger partial charge is 0.258 e. The minimum absolute atomic E-state index is 0.0640. The number of carbonyl (C=O) groups is 1. The van der Waals surface area contributed by atoms with Crippen molar-refractivity contribution in [2.45, 2.75) is 31.8 Å². The highest BCUT2D eigenvalue weighted by atomic mass is 19.2. The number of halogens is 2. The number of nitrogens with zero attached hydrogens (tertiary/aromatic N) is 1. The number of hydrogen-bond donors (Lipinski definition) is 1. The lowest BCUT2D eigenvalue weighted by Crippen LogP contribution is -2.45. The first-order chi connectivity index (χ1) is 15.0. The monoisotopic (exact) mass is 430 g/mol. The summed E-state index contributed by atoms with van der Waals surface area (Å²) in [6.07, 6.45) is 4.11. The van der Waals surface area contributed by atoms with Gasteiger partial charge < -0.3 is 14.8 Å². The van der Waals surface area contributed by atoms with Gasteiger partial charge >= 0.3 is 0 Å². The van der Waals surface area contributed by atoms with Gasteiger partial charge in [0.2, 0.25) is 0 Å². The Balaban J connectivity index is 1.43. The van der Waals surface area contributed by atoms with E-state index in [-0.39, 0.29) is 18.6 Å². The van der Waals surface area contributed by atoms with Crippen molar-refractivity contribution in [3.8, 4) is 11.5 Å². The van der Waals surface area contributed by atoms with Crippen molar-refractivity contribution in [2.24, 2.45) is 0 Å². The Labute approximate surface area is 181 Å². The number of ether oxygens (including phenoxy) is 2. The lowest BCUT2D eigenvalue weighted by molar-refractivity contribution is -0.124. The summed E-state index contributed by atoms with van der Waals surface area (Å²) in [6, 6.07) is 9.63. The minimum atomic E-state index is -0.835. The quantitative estimate of drug-likeness (QED) is 0.614. The molecule has 3 rings (SSSR count). The summed E-state index contributed by atoms with van der Waals surface area (Å²) in [6.45, 7) is 5.73. The third-order valence-corrected chi connectivity index (χ3v) is 5.31. The van der Waals surface area contributed by atoms with Gasteiger partial charge in [-0.1, -0.05) is 18.2 Å². The Kier molecular flexibility index (Phi) is 8.00. The Morgan fingerprint density at radius 1 is 1.13 bits per heavy atom. The van der Waals surface area contributed by atoms with Crippen LogP contribution in [-0.2, 0) is 17.8 Å². The van der Waals surface area contributed by atoms with Crippen LogP contribution in [0.3, 0.4) is 0 Å². The normalized spacial score (nSPS) is 14.8. The van der Waals surface area contributed by atoms with Gasteiger partial charge in [0.05, 0.1) is 7.11 Å². The van der Waals surface area contributed by atoms with Gasteiger partial charge in [0.15, 0.2) is 29.7 Å². The van der Waals surface area contributed by atoms with Crippen molar-refractivity contribution in [2.75, 3.05) is 26.8 Å². The van der Waals surface area contributed by atoms with Crippen LogP contribution in [0.1, 0.15) is 24.0 Å².